The van der Waals surface area contributed by atoms with Crippen molar-refractivity contribution in [1.29, 1.82) is 0 Å². The number of carbonyl (C=O) groups is 2. The van der Waals surface area contributed by atoms with Gasteiger partial charge in [0, 0.05) is 29.5 Å². The highest BCUT2D eigenvalue weighted by Crippen LogP contribution is 2.51. The zero-order chi connectivity index (χ0) is 23.1. The lowest BCUT2D eigenvalue weighted by atomic mass is 9.95. The fourth-order valence-electron chi connectivity index (χ4n) is 4.68. The van der Waals surface area contributed by atoms with E-state index in [-0.39, 0.29) is 17.7 Å². The number of carbonyl (C=O) groups excluding carboxylic acids is 1. The largest absolute Gasteiger partial charge is 0.482 e. The number of nitrogens with zero attached hydrogens (tertiary/aromatic N) is 2. The summed E-state index contributed by atoms with van der Waals surface area (Å²) in [4.78, 5) is 32.5. The number of aryl methyl sites for hydroxylation is 1. The van der Waals surface area contributed by atoms with Crippen LogP contribution in [0.25, 0.3) is 0 Å². The van der Waals surface area contributed by atoms with Gasteiger partial charge in [-0.25, -0.2) is 9.78 Å². The molecule has 0 spiro atoms. The lowest BCUT2D eigenvalue weighted by molar-refractivity contribution is -0.139. The fraction of sp³-hybridized carbons (Fsp3) is 0.320. The minimum atomic E-state index is -1.06. The van der Waals surface area contributed by atoms with Crippen molar-refractivity contribution in [3.05, 3.63) is 80.3 Å². The van der Waals surface area contributed by atoms with Gasteiger partial charge < -0.3 is 14.7 Å². The van der Waals surface area contributed by atoms with Crippen molar-refractivity contribution in [3.8, 4) is 5.75 Å². The summed E-state index contributed by atoms with van der Waals surface area (Å²) >= 11 is 7.91. The Labute approximate surface area is 200 Å². The van der Waals surface area contributed by atoms with Crippen molar-refractivity contribution < 1.29 is 19.4 Å². The van der Waals surface area contributed by atoms with Crippen LogP contribution in [0.4, 0.5) is 0 Å². The second-order valence-electron chi connectivity index (χ2n) is 8.45. The van der Waals surface area contributed by atoms with Crippen molar-refractivity contribution in [2.75, 3.05) is 13.2 Å². The molecule has 2 heterocycles. The molecular formula is C25H23ClN2O4S. The third-order valence-electron chi connectivity index (χ3n) is 6.22. The summed E-state index contributed by atoms with van der Waals surface area (Å²) in [6, 6.07) is 14.8. The molecule has 1 amide bonds. The predicted molar refractivity (Wildman–Crippen MR) is 126 cm³/mol. The van der Waals surface area contributed by atoms with Gasteiger partial charge in [0.15, 0.2) is 6.61 Å². The average Bonchev–Trinajstić information content (AvgIpc) is 3.51. The van der Waals surface area contributed by atoms with Crippen molar-refractivity contribution in [3.63, 3.8) is 0 Å². The first kappa shape index (κ1) is 21.9. The number of hydrogen-bond acceptors (Lipinski definition) is 5. The molecule has 170 valence electrons. The molecule has 1 N–H and O–H groups in total. The number of amides is 1. The highest BCUT2D eigenvalue weighted by molar-refractivity contribution is 7.11. The minimum Gasteiger partial charge on any atom is -0.482 e. The molecule has 8 heteroatoms. The quantitative estimate of drug-likeness (QED) is 0.543. The Hall–Kier alpha value is -2.90. The van der Waals surface area contributed by atoms with Crippen LogP contribution in [0.5, 0.6) is 5.75 Å². The number of rotatable bonds is 6. The number of aromatic nitrogens is 1. The number of aliphatic carboxylic acids is 1. The first-order chi connectivity index (χ1) is 15.9. The zero-order valence-electron chi connectivity index (χ0n) is 18.0. The lowest BCUT2D eigenvalue weighted by Crippen LogP contribution is -2.41. The van der Waals surface area contributed by atoms with Crippen molar-refractivity contribution >= 4 is 34.8 Å². The van der Waals surface area contributed by atoms with Crippen molar-refractivity contribution in [1.82, 2.24) is 9.88 Å². The Balaban J connectivity index is 1.52. The molecule has 2 aliphatic rings. The van der Waals surface area contributed by atoms with Gasteiger partial charge in [-0.1, -0.05) is 41.9 Å². The normalized spacial score (nSPS) is 21.4. The molecule has 0 unspecified atom stereocenters. The highest BCUT2D eigenvalue weighted by atomic mass is 35.5. The standard InChI is InChI=1S/C25H23ClN2O4S/c1-14-27-20-9-10-28(25(31)18-12-17(18)15-5-3-2-4-6-15)23(24(20)33-14)19-11-16(26)7-8-21(19)32-13-22(29)30/h2-8,11,17-18,23H,9-10,12-13H2,1H3,(H,29,30)/t17-,18+,23-/m0/s1. The van der Waals surface area contributed by atoms with Crippen molar-refractivity contribution in [2.24, 2.45) is 5.92 Å². The molecule has 6 nitrogen and oxygen atoms in total. The van der Waals surface area contributed by atoms with Crippen LogP contribution < -0.4 is 4.74 Å². The van der Waals surface area contributed by atoms with Crippen LogP contribution in [0.1, 0.15) is 45.1 Å². The lowest BCUT2D eigenvalue weighted by Gasteiger charge is -2.36. The summed E-state index contributed by atoms with van der Waals surface area (Å²) in [5.74, 6) is -0.377. The molecule has 5 rings (SSSR count). The highest BCUT2D eigenvalue weighted by Gasteiger charge is 2.48. The molecule has 0 bridgehead atoms. The Morgan fingerprint density at radius 3 is 2.79 bits per heavy atom. The van der Waals surface area contributed by atoms with E-state index in [4.69, 9.17) is 21.4 Å². The van der Waals surface area contributed by atoms with Gasteiger partial charge in [0.25, 0.3) is 0 Å². The van der Waals surface area contributed by atoms with Crippen LogP contribution in [0.2, 0.25) is 5.02 Å². The first-order valence-corrected chi connectivity index (χ1v) is 12.1. The van der Waals surface area contributed by atoms with Gasteiger partial charge >= 0.3 is 5.97 Å². The minimum absolute atomic E-state index is 0.0620. The monoisotopic (exact) mass is 482 g/mol. The zero-order valence-corrected chi connectivity index (χ0v) is 19.6. The topological polar surface area (TPSA) is 79.7 Å². The molecule has 3 aromatic rings. The maximum Gasteiger partial charge on any atom is 0.341 e. The number of carboxylic acid groups (broad SMARTS) is 1. The Morgan fingerprint density at radius 1 is 1.24 bits per heavy atom. The summed E-state index contributed by atoms with van der Waals surface area (Å²) in [5, 5.41) is 10.6. The summed E-state index contributed by atoms with van der Waals surface area (Å²) in [6.45, 7) is 2.03. The predicted octanol–water partition coefficient (Wildman–Crippen LogP) is 4.85. The molecule has 1 fully saturated rings. The van der Waals surface area contributed by atoms with Crippen LogP contribution in [0, 0.1) is 12.8 Å². The number of thiazole rings is 1. The second kappa shape index (κ2) is 8.80. The molecule has 0 saturated heterocycles. The molecule has 0 radical (unpaired) electrons. The Bertz CT molecular complexity index is 1210. The number of hydrogen-bond donors (Lipinski definition) is 1. The van der Waals surface area contributed by atoms with Gasteiger partial charge in [0.05, 0.1) is 21.6 Å². The maximum absolute atomic E-state index is 13.7. The fourth-order valence-corrected chi connectivity index (χ4v) is 5.96. The van der Waals surface area contributed by atoms with Gasteiger partial charge in [-0.3, -0.25) is 4.79 Å². The molecule has 33 heavy (non-hydrogen) atoms. The summed E-state index contributed by atoms with van der Waals surface area (Å²) in [7, 11) is 0. The van der Waals surface area contributed by atoms with E-state index in [9.17, 15) is 9.59 Å². The summed E-state index contributed by atoms with van der Waals surface area (Å²) in [5.41, 5.74) is 2.86. The SMILES string of the molecule is Cc1nc2c(s1)[C@H](c1cc(Cl)ccc1OCC(=O)O)N(C(=O)[C@@H]1C[C@H]1c1ccccc1)CC2. The third kappa shape index (κ3) is 4.35. The Morgan fingerprint density at radius 2 is 2.03 bits per heavy atom. The van der Waals surface area contributed by atoms with Crippen LogP contribution >= 0.6 is 22.9 Å². The van der Waals surface area contributed by atoms with Crippen LogP contribution in [0.15, 0.2) is 48.5 Å². The Kier molecular flexibility index (Phi) is 5.85. The molecule has 1 aliphatic heterocycles. The third-order valence-corrected chi connectivity index (χ3v) is 7.52. The number of ether oxygens (including phenoxy) is 1. The van der Waals surface area contributed by atoms with E-state index < -0.39 is 18.6 Å². The van der Waals surface area contributed by atoms with Gasteiger partial charge in [0.1, 0.15) is 5.75 Å². The molecular weight excluding hydrogens is 460 g/mol. The van der Waals surface area contributed by atoms with E-state index in [1.165, 1.54) is 5.56 Å². The average molecular weight is 483 g/mol. The number of carboxylic acids is 1. The van der Waals surface area contributed by atoms with E-state index in [2.05, 4.69) is 17.1 Å². The molecule has 1 aromatic heterocycles. The van der Waals surface area contributed by atoms with Gasteiger partial charge in [-0.2, -0.15) is 0 Å². The van der Waals surface area contributed by atoms with E-state index in [1.54, 1.807) is 29.5 Å². The van der Waals surface area contributed by atoms with Gasteiger partial charge in [-0.15, -0.1) is 11.3 Å². The first-order valence-electron chi connectivity index (χ1n) is 10.9. The maximum atomic E-state index is 13.7. The van der Waals surface area contributed by atoms with E-state index >= 15 is 0 Å². The van der Waals surface area contributed by atoms with E-state index in [0.717, 1.165) is 22.0 Å². The van der Waals surface area contributed by atoms with Crippen LogP contribution in [-0.4, -0.2) is 40.0 Å². The van der Waals surface area contributed by atoms with E-state index in [1.807, 2.05) is 30.0 Å². The number of fused-ring (bicyclic) bond motifs is 1. The number of benzene rings is 2. The summed E-state index contributed by atoms with van der Waals surface area (Å²) < 4.78 is 5.61. The molecule has 3 atom stereocenters. The molecule has 1 aliphatic carbocycles. The molecule has 1 saturated carbocycles. The second-order valence-corrected chi connectivity index (χ2v) is 10.1. The molecule has 2 aromatic carbocycles. The summed E-state index contributed by atoms with van der Waals surface area (Å²) in [6.07, 6.45) is 1.52. The van der Waals surface area contributed by atoms with Crippen LogP contribution in [0.3, 0.4) is 0 Å². The van der Waals surface area contributed by atoms with Crippen molar-refractivity contribution in [2.45, 2.75) is 31.7 Å². The number of halogens is 1. The van der Waals surface area contributed by atoms with Crippen LogP contribution in [-0.2, 0) is 16.0 Å². The smallest absolute Gasteiger partial charge is 0.341 e. The van der Waals surface area contributed by atoms with Gasteiger partial charge in [0.2, 0.25) is 5.91 Å². The van der Waals surface area contributed by atoms with Gasteiger partial charge in [-0.05, 0) is 43.0 Å². The van der Waals surface area contributed by atoms with E-state index in [0.29, 0.717) is 29.3 Å².